The maximum absolute atomic E-state index is 12.7. The fourth-order valence-corrected chi connectivity index (χ4v) is 3.93. The van der Waals surface area contributed by atoms with Crippen molar-refractivity contribution in [2.45, 2.75) is 30.4 Å². The largest absolute Gasteiger partial charge is 0.416 e. The Morgan fingerprint density at radius 2 is 1.85 bits per heavy atom. The summed E-state index contributed by atoms with van der Waals surface area (Å²) in [5.74, 6) is 0.569. The molecule has 1 N–H and O–H groups in total. The molecule has 0 fully saturated rings. The van der Waals surface area contributed by atoms with E-state index in [9.17, 15) is 13.2 Å². The van der Waals surface area contributed by atoms with E-state index in [1.54, 1.807) is 0 Å². The topological polar surface area (TPSA) is 28.2 Å². The zero-order valence-electron chi connectivity index (χ0n) is 14.7. The van der Waals surface area contributed by atoms with Crippen LogP contribution < -0.4 is 10.2 Å². The molecule has 3 rings (SSSR count). The first-order valence-electron chi connectivity index (χ1n) is 8.17. The monoisotopic (exact) mass is 409 g/mol. The van der Waals surface area contributed by atoms with Crippen LogP contribution in [-0.2, 0) is 6.18 Å². The number of aromatic nitrogens is 1. The van der Waals surface area contributed by atoms with E-state index in [1.165, 1.54) is 23.5 Å². The third-order valence-electron chi connectivity index (χ3n) is 3.95. The molecule has 0 aliphatic carbocycles. The van der Waals surface area contributed by atoms with Gasteiger partial charge in [0.1, 0.15) is 10.2 Å². The smallest absolute Gasteiger partial charge is 0.342 e. The third kappa shape index (κ3) is 4.39. The number of fused-ring (bicyclic) bond motifs is 1. The molecule has 0 saturated heterocycles. The van der Waals surface area contributed by atoms with Crippen LogP contribution in [0.25, 0.3) is 10.2 Å². The van der Waals surface area contributed by atoms with Crippen molar-refractivity contribution >= 4 is 45.6 Å². The molecule has 1 heterocycles. The van der Waals surface area contributed by atoms with Crippen molar-refractivity contribution in [3.63, 3.8) is 0 Å². The lowest BCUT2D eigenvalue weighted by Crippen LogP contribution is -2.32. The second-order valence-corrected chi connectivity index (χ2v) is 8.02. The van der Waals surface area contributed by atoms with E-state index < -0.39 is 11.7 Å². The highest BCUT2D eigenvalue weighted by atomic mass is 32.2. The Kier molecular flexibility index (Phi) is 5.39. The van der Waals surface area contributed by atoms with E-state index in [1.807, 2.05) is 36.9 Å². The van der Waals surface area contributed by atoms with Gasteiger partial charge in [0.15, 0.2) is 0 Å². The minimum atomic E-state index is -4.35. The van der Waals surface area contributed by atoms with E-state index in [-0.39, 0.29) is 6.04 Å². The molecule has 0 aliphatic rings. The van der Waals surface area contributed by atoms with Gasteiger partial charge in [0, 0.05) is 17.4 Å². The normalized spacial score (nSPS) is 11.8. The Bertz CT molecular complexity index is 962. The molecular formula is C19H18F3N3S2. The Morgan fingerprint density at radius 1 is 1.19 bits per heavy atom. The van der Waals surface area contributed by atoms with Crippen LogP contribution in [0.1, 0.15) is 19.4 Å². The number of hydrogen-bond donors (Lipinski definition) is 2. The lowest BCUT2D eigenvalue weighted by atomic mass is 10.2. The van der Waals surface area contributed by atoms with E-state index >= 15 is 0 Å². The highest BCUT2D eigenvalue weighted by molar-refractivity contribution is 7.82. The van der Waals surface area contributed by atoms with Crippen LogP contribution in [0.15, 0.2) is 59.2 Å². The fraction of sp³-hybridized carbons (Fsp3) is 0.211. The van der Waals surface area contributed by atoms with Crippen molar-refractivity contribution in [2.24, 2.45) is 0 Å². The van der Waals surface area contributed by atoms with Crippen LogP contribution in [0.4, 0.5) is 24.5 Å². The number of thiol groups is 1. The van der Waals surface area contributed by atoms with Crippen molar-refractivity contribution in [1.29, 1.82) is 0 Å². The number of hydrogen-bond acceptors (Lipinski definition) is 5. The lowest BCUT2D eigenvalue weighted by Gasteiger charge is -2.31. The van der Waals surface area contributed by atoms with Gasteiger partial charge in [-0.2, -0.15) is 13.2 Å². The van der Waals surface area contributed by atoms with Crippen molar-refractivity contribution in [2.75, 3.05) is 10.2 Å². The van der Waals surface area contributed by atoms with Gasteiger partial charge in [-0.05, 0) is 56.3 Å². The summed E-state index contributed by atoms with van der Waals surface area (Å²) in [6, 6.07) is 10.8. The van der Waals surface area contributed by atoms with Gasteiger partial charge < -0.3 is 10.2 Å². The average molecular weight is 410 g/mol. The van der Waals surface area contributed by atoms with Gasteiger partial charge in [0.05, 0.1) is 15.8 Å². The highest BCUT2D eigenvalue weighted by Gasteiger charge is 2.30. The molecule has 0 radical (unpaired) electrons. The number of anilines is 2. The van der Waals surface area contributed by atoms with E-state index in [0.717, 1.165) is 28.0 Å². The summed E-state index contributed by atoms with van der Waals surface area (Å²) >= 11 is 5.77. The Hall–Kier alpha value is -2.19. The Labute approximate surface area is 164 Å². The number of rotatable bonds is 5. The molecule has 142 valence electrons. The molecule has 0 atom stereocenters. The minimum Gasteiger partial charge on any atom is -0.342 e. The van der Waals surface area contributed by atoms with E-state index in [4.69, 9.17) is 0 Å². The molecule has 0 saturated carbocycles. The van der Waals surface area contributed by atoms with E-state index in [0.29, 0.717) is 15.8 Å². The van der Waals surface area contributed by atoms with Crippen LogP contribution in [0.2, 0.25) is 0 Å². The standard InChI is InChI=1S/C19H18F3N3S2/c1-11(2)25(15-8-9-16-17(10-15)27-18(26)24-16)12(3)23-14-6-4-13(5-7-14)19(20,21)22/h4-11,23H,3H2,1-2H3,(H,24,26). The van der Waals surface area contributed by atoms with Crippen molar-refractivity contribution in [3.05, 3.63) is 60.4 Å². The fourth-order valence-electron chi connectivity index (χ4n) is 2.79. The highest BCUT2D eigenvalue weighted by Crippen LogP contribution is 2.32. The summed E-state index contributed by atoms with van der Waals surface area (Å²) in [5, 5.41) is 3.09. The van der Waals surface area contributed by atoms with Crippen LogP contribution >= 0.6 is 24.0 Å². The molecule has 3 aromatic rings. The summed E-state index contributed by atoms with van der Waals surface area (Å²) < 4.78 is 39.8. The van der Waals surface area contributed by atoms with Gasteiger partial charge in [0.2, 0.25) is 0 Å². The minimum absolute atomic E-state index is 0.0836. The zero-order chi connectivity index (χ0) is 19.8. The molecule has 3 nitrogen and oxygen atoms in total. The van der Waals surface area contributed by atoms with Crippen molar-refractivity contribution < 1.29 is 13.2 Å². The molecule has 0 unspecified atom stereocenters. The Balaban J connectivity index is 1.84. The lowest BCUT2D eigenvalue weighted by molar-refractivity contribution is -0.137. The van der Waals surface area contributed by atoms with Gasteiger partial charge in [0.25, 0.3) is 0 Å². The molecule has 8 heteroatoms. The summed E-state index contributed by atoms with van der Waals surface area (Å²) in [6.45, 7) is 8.10. The predicted molar refractivity (Wildman–Crippen MR) is 109 cm³/mol. The average Bonchev–Trinajstić information content (AvgIpc) is 2.93. The molecule has 1 aromatic heterocycles. The quantitative estimate of drug-likeness (QED) is 0.478. The second kappa shape index (κ2) is 7.44. The van der Waals surface area contributed by atoms with Gasteiger partial charge in [-0.3, -0.25) is 0 Å². The summed E-state index contributed by atoms with van der Waals surface area (Å²) in [5.41, 5.74) is 1.64. The SMILES string of the molecule is C=C(Nc1ccc(C(F)(F)F)cc1)N(c1ccc2nc(S)sc2c1)C(C)C. The number of nitrogens with zero attached hydrogens (tertiary/aromatic N) is 2. The Morgan fingerprint density at radius 3 is 2.44 bits per heavy atom. The number of halogens is 3. The molecule has 0 aliphatic heterocycles. The molecule has 0 amide bonds. The first kappa shape index (κ1) is 19.6. The molecule has 0 bridgehead atoms. The van der Waals surface area contributed by atoms with Crippen molar-refractivity contribution in [1.82, 2.24) is 4.98 Å². The summed E-state index contributed by atoms with van der Waals surface area (Å²) in [4.78, 5) is 6.31. The van der Waals surface area contributed by atoms with Crippen LogP contribution in [0.5, 0.6) is 0 Å². The van der Waals surface area contributed by atoms with Crippen LogP contribution in [0, 0.1) is 0 Å². The predicted octanol–water partition coefficient (Wildman–Crippen LogP) is 6.40. The van der Waals surface area contributed by atoms with Gasteiger partial charge in [-0.25, -0.2) is 4.98 Å². The zero-order valence-corrected chi connectivity index (χ0v) is 16.4. The maximum Gasteiger partial charge on any atom is 0.416 e. The van der Waals surface area contributed by atoms with E-state index in [2.05, 4.69) is 29.5 Å². The van der Waals surface area contributed by atoms with Gasteiger partial charge >= 0.3 is 6.18 Å². The summed E-state index contributed by atoms with van der Waals surface area (Å²) in [7, 11) is 0. The molecule has 0 spiro atoms. The van der Waals surface area contributed by atoms with Gasteiger partial charge in [-0.1, -0.05) is 6.58 Å². The van der Waals surface area contributed by atoms with Crippen LogP contribution in [-0.4, -0.2) is 11.0 Å². The van der Waals surface area contributed by atoms with Crippen LogP contribution in [0.3, 0.4) is 0 Å². The third-order valence-corrected chi connectivity index (χ3v) is 5.14. The second-order valence-electron chi connectivity index (χ2n) is 6.26. The summed E-state index contributed by atoms with van der Waals surface area (Å²) in [6.07, 6.45) is -4.35. The first-order valence-corrected chi connectivity index (χ1v) is 9.43. The number of benzene rings is 2. The number of alkyl halides is 3. The molecule has 2 aromatic carbocycles. The molecule has 27 heavy (non-hydrogen) atoms. The molecular weight excluding hydrogens is 391 g/mol. The van der Waals surface area contributed by atoms with Crippen molar-refractivity contribution in [3.8, 4) is 0 Å². The van der Waals surface area contributed by atoms with Gasteiger partial charge in [-0.15, -0.1) is 24.0 Å². The number of thiazole rings is 1. The number of nitrogens with one attached hydrogen (secondary N) is 1. The maximum atomic E-state index is 12.7. The first-order chi connectivity index (χ1) is 12.6.